The van der Waals surface area contributed by atoms with Gasteiger partial charge in [-0.2, -0.15) is 0 Å². The van der Waals surface area contributed by atoms with E-state index < -0.39 is 73.0 Å². The van der Waals surface area contributed by atoms with Gasteiger partial charge in [0.05, 0.1) is 22.4 Å². The van der Waals surface area contributed by atoms with Crippen molar-refractivity contribution in [2.24, 2.45) is 11.3 Å². The third-order valence-electron chi connectivity index (χ3n) is 8.24. The summed E-state index contributed by atoms with van der Waals surface area (Å²) in [7, 11) is -2.34. The highest BCUT2D eigenvalue weighted by Crippen LogP contribution is 2.44. The molecule has 15 nitrogen and oxygen atoms in total. The maximum Gasteiger partial charge on any atom is 0.407 e. The Kier molecular flexibility index (Phi) is 14.8. The Morgan fingerprint density at radius 1 is 1.04 bits per heavy atom. The number of likely N-dealkylation sites (tertiary alicyclic amines) is 1. The van der Waals surface area contributed by atoms with Gasteiger partial charge in [-0.05, 0) is 76.4 Å². The summed E-state index contributed by atoms with van der Waals surface area (Å²) >= 11 is 0.813. The van der Waals surface area contributed by atoms with Gasteiger partial charge in [0, 0.05) is 25.1 Å². The van der Waals surface area contributed by atoms with Crippen molar-refractivity contribution in [1.82, 2.24) is 10.2 Å². The number of rotatable bonds is 16. The first-order valence-corrected chi connectivity index (χ1v) is 19.7. The summed E-state index contributed by atoms with van der Waals surface area (Å²) in [6, 6.07) is 5.61. The van der Waals surface area contributed by atoms with Gasteiger partial charge in [0.2, 0.25) is 18.9 Å². The van der Waals surface area contributed by atoms with Crippen LogP contribution in [0.3, 0.4) is 0 Å². The zero-order valence-electron chi connectivity index (χ0n) is 29.6. The van der Waals surface area contributed by atoms with Crippen LogP contribution < -0.4 is 5.32 Å². The lowest BCUT2D eigenvalue weighted by molar-refractivity contribution is -0.384. The molecule has 49 heavy (non-hydrogen) atoms. The third-order valence-corrected chi connectivity index (χ3v) is 14.0. The lowest BCUT2D eigenvalue weighted by Gasteiger charge is -2.51. The average molecular weight is 728 g/mol. The number of hydrogen-bond donors (Lipinski definition) is 2. The van der Waals surface area contributed by atoms with E-state index in [1.165, 1.54) is 24.3 Å². The van der Waals surface area contributed by atoms with Crippen molar-refractivity contribution in [3.63, 3.8) is 0 Å². The highest BCUT2D eigenvalue weighted by Gasteiger charge is 2.57. The minimum Gasteiger partial charge on any atom is -0.445 e. The number of ether oxygens (including phenoxy) is 3. The van der Waals surface area contributed by atoms with Crippen LogP contribution in [0.5, 0.6) is 0 Å². The van der Waals surface area contributed by atoms with Gasteiger partial charge in [-0.15, -0.1) is 0 Å². The molecule has 0 saturated carbocycles. The van der Waals surface area contributed by atoms with Crippen LogP contribution in [-0.2, 0) is 44.4 Å². The maximum absolute atomic E-state index is 13.3. The molecule has 4 atom stereocenters. The first kappa shape index (κ1) is 41.6. The molecule has 1 aromatic carbocycles. The number of thioether (sulfide) groups is 1. The van der Waals surface area contributed by atoms with Gasteiger partial charge in [-0.1, -0.05) is 32.5 Å². The predicted octanol–water partition coefficient (Wildman–Crippen LogP) is 4.85. The monoisotopic (exact) mass is 727 g/mol. The molecule has 1 heterocycles. The van der Waals surface area contributed by atoms with E-state index in [-0.39, 0.29) is 35.4 Å². The number of carbonyl (C=O) groups is 5. The number of aliphatic hydroxyl groups is 1. The topological polar surface area (TPSA) is 201 Å². The molecule has 17 heteroatoms. The van der Waals surface area contributed by atoms with Crippen molar-refractivity contribution < 1.29 is 52.6 Å². The number of hydrogen-bond acceptors (Lipinski definition) is 13. The maximum atomic E-state index is 13.3. The van der Waals surface area contributed by atoms with E-state index >= 15 is 0 Å². The number of nitro groups is 1. The van der Waals surface area contributed by atoms with Gasteiger partial charge in [-0.25, -0.2) is 9.59 Å². The van der Waals surface area contributed by atoms with Gasteiger partial charge >= 0.3 is 18.0 Å². The number of alkyl carbamates (subject to hydrolysis) is 1. The molecular formula is C32H49N3O12SSi. The molecule has 274 valence electrons. The predicted molar refractivity (Wildman–Crippen MR) is 182 cm³/mol. The first-order valence-electron chi connectivity index (χ1n) is 15.9. The fourth-order valence-corrected chi connectivity index (χ4v) is 7.06. The number of nitro benzene ring substituents is 1. The lowest BCUT2D eigenvalue weighted by Crippen LogP contribution is -2.68. The Bertz CT molecular complexity index is 1360. The fourth-order valence-electron chi connectivity index (χ4n) is 4.29. The number of nitrogens with zero attached hydrogens (tertiary/aromatic N) is 2. The summed E-state index contributed by atoms with van der Waals surface area (Å²) in [6.07, 6.45) is -2.44. The first-order chi connectivity index (χ1) is 22.6. The molecule has 0 aliphatic carbocycles. The van der Waals surface area contributed by atoms with Crippen LogP contribution in [-0.4, -0.2) is 83.3 Å². The van der Waals surface area contributed by atoms with Crippen LogP contribution in [0, 0.1) is 21.4 Å². The highest BCUT2D eigenvalue weighted by atomic mass is 32.2. The minimum absolute atomic E-state index is 0.0726. The van der Waals surface area contributed by atoms with Crippen LogP contribution in [0.15, 0.2) is 24.3 Å². The molecule has 1 fully saturated rings. The van der Waals surface area contributed by atoms with E-state index in [2.05, 4.69) is 26.1 Å². The Morgan fingerprint density at radius 3 is 2.20 bits per heavy atom. The summed E-state index contributed by atoms with van der Waals surface area (Å²) in [4.78, 5) is 74.2. The Balaban J connectivity index is 1.95. The van der Waals surface area contributed by atoms with Crippen molar-refractivity contribution in [3.05, 3.63) is 39.9 Å². The van der Waals surface area contributed by atoms with Crippen molar-refractivity contribution in [3.8, 4) is 0 Å². The van der Waals surface area contributed by atoms with Gasteiger partial charge < -0.3 is 29.1 Å². The third kappa shape index (κ3) is 12.1. The van der Waals surface area contributed by atoms with E-state index in [1.807, 2.05) is 13.1 Å². The number of unbranched alkanes of at least 4 members (excludes halogenated alkanes) is 1. The molecule has 2 amide bonds. The number of nitrogens with one attached hydrogen (secondary N) is 1. The molecule has 0 aromatic heterocycles. The van der Waals surface area contributed by atoms with E-state index in [9.17, 15) is 39.2 Å². The van der Waals surface area contributed by atoms with Gasteiger partial charge in [0.25, 0.3) is 5.69 Å². The standard InChI is InChI=1S/C32H49N3O12SSi/c1-20(47-49(8,9)32(5,6)7)24-25(37)34(26(38)28(39)45-19-46-29(40)31(2,3)4)27(24)48-23(36)12-10-11-17-33-30(41)44-18-21-13-15-22(16-14-21)35(42)43/h13-16,20,24,26-27,38H,10-12,17-19H2,1-9H3,(H,33,41)/t20-,24-,26+,27-/m1/s1. The number of aliphatic hydroxyl groups excluding tert-OH is 1. The number of esters is 2. The van der Waals surface area contributed by atoms with Crippen LogP contribution in [0.1, 0.15) is 73.3 Å². The number of β-lactam (4-membered cyclic amide) rings is 1. The van der Waals surface area contributed by atoms with E-state index in [1.54, 1.807) is 27.7 Å². The number of non-ortho nitro benzene ring substituents is 1. The fraction of sp³-hybridized carbons (Fsp3) is 0.656. The molecule has 0 spiro atoms. The second kappa shape index (κ2) is 17.4. The molecule has 1 aromatic rings. The quantitative estimate of drug-likeness (QED) is 0.0445. The zero-order valence-corrected chi connectivity index (χ0v) is 31.4. The number of carbonyl (C=O) groups excluding carboxylic acids is 5. The smallest absolute Gasteiger partial charge is 0.407 e. The van der Waals surface area contributed by atoms with Crippen molar-refractivity contribution in [1.29, 1.82) is 0 Å². The number of benzene rings is 1. The summed E-state index contributed by atoms with van der Waals surface area (Å²) in [5.74, 6) is -3.24. The summed E-state index contributed by atoms with van der Waals surface area (Å²) in [5.41, 5.74) is -0.335. The van der Waals surface area contributed by atoms with Gasteiger partial charge in [0.15, 0.2) is 13.4 Å². The van der Waals surface area contributed by atoms with Crippen LogP contribution in [0.4, 0.5) is 10.5 Å². The van der Waals surface area contributed by atoms with Gasteiger partial charge in [-0.3, -0.25) is 29.4 Å². The van der Waals surface area contributed by atoms with Crippen molar-refractivity contribution >= 4 is 54.8 Å². The minimum atomic E-state index is -2.34. The van der Waals surface area contributed by atoms with Crippen molar-refractivity contribution in [2.45, 2.75) is 110 Å². The van der Waals surface area contributed by atoms with E-state index in [0.717, 1.165) is 16.7 Å². The average Bonchev–Trinajstić information content (AvgIpc) is 2.98. The molecule has 1 aliphatic heterocycles. The molecule has 1 saturated heterocycles. The van der Waals surface area contributed by atoms with E-state index in [4.69, 9.17) is 18.6 Å². The van der Waals surface area contributed by atoms with Crippen LogP contribution in [0.25, 0.3) is 0 Å². The molecule has 0 bridgehead atoms. The molecule has 0 unspecified atom stereocenters. The highest BCUT2D eigenvalue weighted by molar-refractivity contribution is 8.14. The second-order valence-electron chi connectivity index (χ2n) is 14.3. The summed E-state index contributed by atoms with van der Waals surface area (Å²) in [5, 5.41) is 22.7. The Hall–Kier alpha value is -3.54. The van der Waals surface area contributed by atoms with Crippen LogP contribution >= 0.6 is 11.8 Å². The molecule has 2 N–H and O–H groups in total. The summed E-state index contributed by atoms with van der Waals surface area (Å²) < 4.78 is 21.4. The Labute approximate surface area is 292 Å². The molecule has 0 radical (unpaired) electrons. The zero-order chi connectivity index (χ0) is 37.3. The molecular weight excluding hydrogens is 679 g/mol. The lowest BCUT2D eigenvalue weighted by atomic mass is 9.92. The number of amides is 2. The Morgan fingerprint density at radius 2 is 1.65 bits per heavy atom. The SMILES string of the molecule is C[C@@H](O[Si](C)(C)C(C)(C)C)[C@@H]1C(=O)N([C@@H](O)C(=O)OCOC(=O)C(C)(C)C)[C@@H]1SC(=O)CCCCNC(=O)OCc1ccc([N+](=O)[O-])cc1. The van der Waals surface area contributed by atoms with Gasteiger partial charge in [0.1, 0.15) is 12.0 Å². The van der Waals surface area contributed by atoms with Crippen LogP contribution in [0.2, 0.25) is 18.1 Å². The van der Waals surface area contributed by atoms with E-state index in [0.29, 0.717) is 18.4 Å². The normalized spacial score (nSPS) is 17.8. The largest absolute Gasteiger partial charge is 0.445 e. The second-order valence-corrected chi connectivity index (χ2v) is 20.2. The van der Waals surface area contributed by atoms with Crippen molar-refractivity contribution in [2.75, 3.05) is 13.3 Å². The molecule has 1 aliphatic rings. The summed E-state index contributed by atoms with van der Waals surface area (Å²) in [6.45, 7) is 16.2. The molecule has 2 rings (SSSR count).